The van der Waals surface area contributed by atoms with Crippen molar-refractivity contribution in [3.05, 3.63) is 12.2 Å². The summed E-state index contributed by atoms with van der Waals surface area (Å²) in [5.41, 5.74) is 0. The summed E-state index contributed by atoms with van der Waals surface area (Å²) in [5.74, 6) is 1.78. The number of Topliss-reactive ketones (excluding diaryl/α,β-unsaturated/α-hetero) is 1. The summed E-state index contributed by atoms with van der Waals surface area (Å²) in [6.45, 7) is 6.17. The van der Waals surface area contributed by atoms with Crippen molar-refractivity contribution in [3.63, 3.8) is 0 Å². The summed E-state index contributed by atoms with van der Waals surface area (Å²) in [5, 5.41) is 4.33. The molecule has 0 radical (unpaired) electrons. The van der Waals surface area contributed by atoms with Crippen molar-refractivity contribution < 1.29 is 4.79 Å². The Morgan fingerprint density at radius 1 is 1.29 bits per heavy atom. The predicted octanol–water partition coefficient (Wildman–Crippen LogP) is 2.58. The number of hydrogen-bond donors (Lipinski definition) is 0. The Kier molecular flexibility index (Phi) is 4.38. The maximum absolute atomic E-state index is 12.1. The van der Waals surface area contributed by atoms with Gasteiger partial charge in [-0.3, -0.25) is 9.69 Å². The third-order valence-corrected chi connectivity index (χ3v) is 4.96. The highest BCUT2D eigenvalue weighted by atomic mass is 16.1. The molecule has 1 aliphatic carbocycles. The lowest BCUT2D eigenvalue weighted by molar-refractivity contribution is -0.123. The molecule has 2 aliphatic rings. The highest BCUT2D eigenvalue weighted by Crippen LogP contribution is 2.33. The molecule has 2 heterocycles. The Hall–Kier alpha value is -1.23. The standard InChI is InChI=1S/C16H26N4O/c1-12(2)20-16(17-11-18-20)10-19-9-4-3-7-14(19)13-6-5-8-15(13)21/h11-14H,3-10H2,1-2H3. The molecule has 5 heteroatoms. The maximum Gasteiger partial charge on any atom is 0.141 e. The highest BCUT2D eigenvalue weighted by Gasteiger charge is 2.37. The van der Waals surface area contributed by atoms with Gasteiger partial charge in [-0.15, -0.1) is 0 Å². The molecule has 3 rings (SSSR count). The third-order valence-electron chi connectivity index (χ3n) is 4.96. The molecule has 1 aliphatic heterocycles. The lowest BCUT2D eigenvalue weighted by atomic mass is 9.88. The number of likely N-dealkylation sites (tertiary alicyclic amines) is 1. The van der Waals surface area contributed by atoms with Crippen molar-refractivity contribution in [1.82, 2.24) is 19.7 Å². The van der Waals surface area contributed by atoms with Gasteiger partial charge in [0.15, 0.2) is 0 Å². The molecule has 2 unspecified atom stereocenters. The quantitative estimate of drug-likeness (QED) is 0.855. The van der Waals surface area contributed by atoms with Crippen LogP contribution in [0.1, 0.15) is 64.2 Å². The summed E-state index contributed by atoms with van der Waals surface area (Å²) in [6.07, 6.45) is 8.24. The summed E-state index contributed by atoms with van der Waals surface area (Å²) >= 11 is 0. The molecular weight excluding hydrogens is 264 g/mol. The van der Waals surface area contributed by atoms with Crippen molar-refractivity contribution >= 4 is 5.78 Å². The molecule has 0 bridgehead atoms. The Bertz CT molecular complexity index is 496. The van der Waals surface area contributed by atoms with E-state index in [0.717, 1.165) is 44.6 Å². The van der Waals surface area contributed by atoms with Crippen LogP contribution in [0.5, 0.6) is 0 Å². The fourth-order valence-electron chi connectivity index (χ4n) is 3.92. The molecule has 21 heavy (non-hydrogen) atoms. The number of carbonyl (C=O) groups is 1. The van der Waals surface area contributed by atoms with E-state index in [-0.39, 0.29) is 5.92 Å². The van der Waals surface area contributed by atoms with Gasteiger partial charge in [-0.2, -0.15) is 5.10 Å². The first-order valence-corrected chi connectivity index (χ1v) is 8.32. The van der Waals surface area contributed by atoms with E-state index in [4.69, 9.17) is 0 Å². The van der Waals surface area contributed by atoms with Crippen LogP contribution in [-0.2, 0) is 11.3 Å². The smallest absolute Gasteiger partial charge is 0.141 e. The first-order chi connectivity index (χ1) is 10.2. The van der Waals surface area contributed by atoms with Crippen LogP contribution in [0.15, 0.2) is 6.33 Å². The molecule has 0 amide bonds. The summed E-state index contributed by atoms with van der Waals surface area (Å²) in [7, 11) is 0. The van der Waals surface area contributed by atoms with Crippen molar-refractivity contribution in [1.29, 1.82) is 0 Å². The lowest BCUT2D eigenvalue weighted by Crippen LogP contribution is -2.45. The van der Waals surface area contributed by atoms with Crippen LogP contribution in [0.25, 0.3) is 0 Å². The average Bonchev–Trinajstić information content (AvgIpc) is 3.08. The van der Waals surface area contributed by atoms with Crippen LogP contribution in [0.3, 0.4) is 0 Å². The van der Waals surface area contributed by atoms with Gasteiger partial charge in [0.1, 0.15) is 17.9 Å². The molecule has 2 fully saturated rings. The van der Waals surface area contributed by atoms with Gasteiger partial charge in [0.25, 0.3) is 0 Å². The van der Waals surface area contributed by atoms with Gasteiger partial charge in [0.2, 0.25) is 0 Å². The molecule has 1 saturated heterocycles. The molecule has 1 aromatic heterocycles. The maximum atomic E-state index is 12.1. The van der Waals surface area contributed by atoms with Crippen LogP contribution in [-0.4, -0.2) is 38.0 Å². The predicted molar refractivity (Wildman–Crippen MR) is 80.8 cm³/mol. The molecular formula is C16H26N4O. The SMILES string of the molecule is CC(C)n1ncnc1CN1CCCCC1C1CCCC1=O. The molecule has 1 saturated carbocycles. The minimum Gasteiger partial charge on any atom is -0.299 e. The van der Waals surface area contributed by atoms with E-state index in [9.17, 15) is 4.79 Å². The number of carbonyl (C=O) groups excluding carboxylic acids is 1. The minimum atomic E-state index is 0.265. The van der Waals surface area contributed by atoms with Crippen LogP contribution in [0, 0.1) is 5.92 Å². The number of hydrogen-bond acceptors (Lipinski definition) is 4. The van der Waals surface area contributed by atoms with E-state index in [1.165, 1.54) is 12.8 Å². The molecule has 1 aromatic rings. The number of rotatable bonds is 4. The van der Waals surface area contributed by atoms with Crippen molar-refractivity contribution in [2.24, 2.45) is 5.92 Å². The van der Waals surface area contributed by atoms with Gasteiger partial charge < -0.3 is 0 Å². The van der Waals surface area contributed by atoms with E-state index in [2.05, 4.69) is 28.8 Å². The Morgan fingerprint density at radius 2 is 2.14 bits per heavy atom. The van der Waals surface area contributed by atoms with Crippen LogP contribution < -0.4 is 0 Å². The molecule has 5 nitrogen and oxygen atoms in total. The van der Waals surface area contributed by atoms with E-state index >= 15 is 0 Å². The number of ketones is 1. The van der Waals surface area contributed by atoms with Gasteiger partial charge in [0.05, 0.1) is 6.54 Å². The molecule has 116 valence electrons. The van der Waals surface area contributed by atoms with E-state index in [1.807, 2.05) is 4.68 Å². The highest BCUT2D eigenvalue weighted by molar-refractivity contribution is 5.83. The van der Waals surface area contributed by atoms with E-state index < -0.39 is 0 Å². The molecule has 0 spiro atoms. The Morgan fingerprint density at radius 3 is 2.86 bits per heavy atom. The summed E-state index contributed by atoms with van der Waals surface area (Å²) < 4.78 is 2.00. The van der Waals surface area contributed by atoms with Gasteiger partial charge >= 0.3 is 0 Å². The minimum absolute atomic E-state index is 0.265. The second-order valence-electron chi connectivity index (χ2n) is 6.71. The topological polar surface area (TPSA) is 51.0 Å². The summed E-state index contributed by atoms with van der Waals surface area (Å²) in [6, 6.07) is 0.755. The molecule has 2 atom stereocenters. The third kappa shape index (κ3) is 3.03. The molecule has 0 aromatic carbocycles. The van der Waals surface area contributed by atoms with E-state index in [1.54, 1.807) is 6.33 Å². The van der Waals surface area contributed by atoms with Crippen LogP contribution >= 0.6 is 0 Å². The second kappa shape index (κ2) is 6.26. The largest absolute Gasteiger partial charge is 0.299 e. The fraction of sp³-hybridized carbons (Fsp3) is 0.812. The number of aromatic nitrogens is 3. The van der Waals surface area contributed by atoms with Gasteiger partial charge in [-0.25, -0.2) is 9.67 Å². The second-order valence-corrected chi connectivity index (χ2v) is 6.71. The Balaban J connectivity index is 1.75. The van der Waals surface area contributed by atoms with Crippen LogP contribution in [0.4, 0.5) is 0 Å². The first-order valence-electron chi connectivity index (χ1n) is 8.32. The zero-order valence-corrected chi connectivity index (χ0v) is 13.2. The van der Waals surface area contributed by atoms with Gasteiger partial charge in [-0.05, 0) is 46.1 Å². The zero-order valence-electron chi connectivity index (χ0n) is 13.2. The van der Waals surface area contributed by atoms with Crippen molar-refractivity contribution in [3.8, 4) is 0 Å². The lowest BCUT2D eigenvalue weighted by Gasteiger charge is -2.38. The van der Waals surface area contributed by atoms with Crippen molar-refractivity contribution in [2.45, 2.75) is 71.0 Å². The molecule has 0 N–H and O–H groups in total. The van der Waals surface area contributed by atoms with Gasteiger partial charge in [-0.1, -0.05) is 6.42 Å². The Labute approximate surface area is 126 Å². The normalized spacial score (nSPS) is 27.7. The summed E-state index contributed by atoms with van der Waals surface area (Å²) in [4.78, 5) is 19.1. The van der Waals surface area contributed by atoms with E-state index in [0.29, 0.717) is 17.9 Å². The van der Waals surface area contributed by atoms with Crippen molar-refractivity contribution in [2.75, 3.05) is 6.54 Å². The average molecular weight is 290 g/mol. The number of piperidine rings is 1. The van der Waals surface area contributed by atoms with Crippen LogP contribution in [0.2, 0.25) is 0 Å². The van der Waals surface area contributed by atoms with Gasteiger partial charge in [0, 0.05) is 24.4 Å². The zero-order chi connectivity index (χ0) is 14.8. The number of nitrogens with zero attached hydrogens (tertiary/aromatic N) is 4. The monoisotopic (exact) mass is 290 g/mol. The first kappa shape index (κ1) is 14.7. The fourth-order valence-corrected chi connectivity index (χ4v) is 3.92.